The maximum atomic E-state index is 5.93. The summed E-state index contributed by atoms with van der Waals surface area (Å²) in [4.78, 5) is 0. The fourth-order valence-electron chi connectivity index (χ4n) is 1.09. The van der Waals surface area contributed by atoms with E-state index in [1.165, 1.54) is 7.91 Å². The van der Waals surface area contributed by atoms with Gasteiger partial charge in [-0.05, 0) is 0 Å². The van der Waals surface area contributed by atoms with Crippen LogP contribution >= 0.6 is 23.2 Å². The third-order valence-electron chi connectivity index (χ3n) is 1.72. The van der Waals surface area contributed by atoms with Crippen molar-refractivity contribution in [3.05, 3.63) is 58.6 Å². The molecule has 0 heterocycles. The topological polar surface area (TPSA) is 0 Å². The van der Waals surface area contributed by atoms with E-state index in [1.54, 1.807) is 0 Å². The molecule has 0 N–H and O–H groups in total. The Labute approximate surface area is 108 Å². The van der Waals surface area contributed by atoms with Crippen molar-refractivity contribution in [2.24, 2.45) is 0 Å². The molecule has 0 unspecified atom stereocenters. The van der Waals surface area contributed by atoms with Crippen LogP contribution in [0.2, 0.25) is 10.0 Å². The average Bonchev–Trinajstić information content (AvgIpc) is 2.17. The normalized spacial score (nSPS) is 10.5. The number of halogens is 2. The zero-order valence-corrected chi connectivity index (χ0v) is 11.5. The molecule has 80 valence electrons. The third-order valence-corrected chi connectivity index (χ3v) is 4.91. The molecule has 0 aliphatic rings. The minimum atomic E-state index is -0.184. The Morgan fingerprint density at radius 1 is 0.733 bits per heavy atom. The van der Waals surface area contributed by atoms with Crippen molar-refractivity contribution < 1.29 is 18.6 Å². The molecule has 0 atom stereocenters. The van der Waals surface area contributed by atoms with Crippen LogP contribution in [0.25, 0.3) is 0 Å². The molecule has 15 heavy (non-hydrogen) atoms. The Kier molecular flexibility index (Phi) is 3.86. The number of hydrogen-bond acceptors (Lipinski definition) is 0. The van der Waals surface area contributed by atoms with Crippen LogP contribution in [0.5, 0.6) is 0 Å². The van der Waals surface area contributed by atoms with Crippen LogP contribution in [-0.4, -0.2) is 0 Å². The zero-order chi connectivity index (χ0) is 10.7. The SMILES string of the molecule is Clc1ccc[c]([Pt][c]2cccc(Cl)c2)c1. The summed E-state index contributed by atoms with van der Waals surface area (Å²) >= 11 is 11.7. The van der Waals surface area contributed by atoms with Crippen LogP contribution in [0.1, 0.15) is 0 Å². The predicted octanol–water partition coefficient (Wildman–Crippen LogP) is 3.03. The quantitative estimate of drug-likeness (QED) is 0.704. The number of benzene rings is 2. The van der Waals surface area contributed by atoms with Crippen LogP contribution < -0.4 is 7.91 Å². The van der Waals surface area contributed by atoms with Gasteiger partial charge in [0, 0.05) is 0 Å². The molecule has 0 saturated carbocycles. The molecular weight excluding hydrogens is 410 g/mol. The second-order valence-electron chi connectivity index (χ2n) is 2.89. The molecule has 0 bridgehead atoms. The van der Waals surface area contributed by atoms with E-state index in [1.807, 2.05) is 36.4 Å². The Hall–Kier alpha value is -0.292. The fraction of sp³-hybridized carbons (Fsp3) is 0. The van der Waals surface area contributed by atoms with Gasteiger partial charge in [-0.25, -0.2) is 0 Å². The van der Waals surface area contributed by atoms with Gasteiger partial charge in [0.2, 0.25) is 0 Å². The number of hydrogen-bond donors (Lipinski definition) is 0. The van der Waals surface area contributed by atoms with Crippen molar-refractivity contribution in [1.29, 1.82) is 0 Å². The molecule has 0 aliphatic heterocycles. The molecule has 0 fully saturated rings. The van der Waals surface area contributed by atoms with Crippen LogP contribution in [0.3, 0.4) is 0 Å². The second kappa shape index (κ2) is 5.16. The van der Waals surface area contributed by atoms with Gasteiger partial charge in [-0.1, -0.05) is 0 Å². The Morgan fingerprint density at radius 3 is 1.60 bits per heavy atom. The summed E-state index contributed by atoms with van der Waals surface area (Å²) in [5.74, 6) is 0. The molecule has 3 heteroatoms. The summed E-state index contributed by atoms with van der Waals surface area (Å²) < 4.78 is 2.62. The minimum absolute atomic E-state index is 0.184. The maximum absolute atomic E-state index is 5.93. The molecule has 0 aromatic heterocycles. The predicted molar refractivity (Wildman–Crippen MR) is 62.2 cm³/mol. The van der Waals surface area contributed by atoms with E-state index in [4.69, 9.17) is 23.2 Å². The Balaban J connectivity index is 2.22. The molecule has 0 aliphatic carbocycles. The van der Waals surface area contributed by atoms with Crippen LogP contribution in [0.4, 0.5) is 0 Å². The standard InChI is InChI=1S/2C6H4Cl.Pt/c2*7-6-4-2-1-3-5-6;/h2*1-2,4-5H;. The molecule has 0 amide bonds. The Bertz CT molecular complexity index is 425. The van der Waals surface area contributed by atoms with E-state index in [9.17, 15) is 0 Å². The van der Waals surface area contributed by atoms with Gasteiger partial charge in [-0.3, -0.25) is 0 Å². The Morgan fingerprint density at radius 2 is 1.20 bits per heavy atom. The van der Waals surface area contributed by atoms with Crippen molar-refractivity contribution in [2.45, 2.75) is 0 Å². The van der Waals surface area contributed by atoms with Gasteiger partial charge in [0.05, 0.1) is 0 Å². The monoisotopic (exact) mass is 417 g/mol. The van der Waals surface area contributed by atoms with Gasteiger partial charge in [-0.2, -0.15) is 0 Å². The summed E-state index contributed by atoms with van der Waals surface area (Å²) in [6.45, 7) is 0. The second-order valence-corrected chi connectivity index (χ2v) is 6.95. The van der Waals surface area contributed by atoms with Crippen molar-refractivity contribution in [1.82, 2.24) is 0 Å². The number of rotatable bonds is 2. The first-order chi connectivity index (χ1) is 7.24. The molecule has 0 spiro atoms. The summed E-state index contributed by atoms with van der Waals surface area (Å²) in [6, 6.07) is 16.0. The van der Waals surface area contributed by atoms with Gasteiger partial charge < -0.3 is 0 Å². The van der Waals surface area contributed by atoms with Crippen molar-refractivity contribution in [3.63, 3.8) is 0 Å². The van der Waals surface area contributed by atoms with Crippen LogP contribution in [-0.2, 0) is 18.6 Å². The van der Waals surface area contributed by atoms with E-state index in [0.29, 0.717) is 0 Å². The van der Waals surface area contributed by atoms with E-state index in [0.717, 1.165) is 10.0 Å². The first-order valence-corrected chi connectivity index (χ1v) is 7.37. The van der Waals surface area contributed by atoms with Gasteiger partial charge in [0.1, 0.15) is 0 Å². The van der Waals surface area contributed by atoms with Crippen molar-refractivity contribution in [2.75, 3.05) is 0 Å². The summed E-state index contributed by atoms with van der Waals surface area (Å²) in [5.41, 5.74) is 0. The molecule has 0 radical (unpaired) electrons. The average molecular weight is 418 g/mol. The van der Waals surface area contributed by atoms with Crippen LogP contribution in [0.15, 0.2) is 48.5 Å². The van der Waals surface area contributed by atoms with Gasteiger partial charge >= 0.3 is 108 Å². The third kappa shape index (κ3) is 3.34. The van der Waals surface area contributed by atoms with E-state index < -0.39 is 0 Å². The van der Waals surface area contributed by atoms with Crippen molar-refractivity contribution >= 4 is 31.1 Å². The molecule has 0 nitrogen and oxygen atoms in total. The van der Waals surface area contributed by atoms with Gasteiger partial charge in [0.25, 0.3) is 0 Å². The zero-order valence-electron chi connectivity index (χ0n) is 7.69. The van der Waals surface area contributed by atoms with Gasteiger partial charge in [0.15, 0.2) is 0 Å². The van der Waals surface area contributed by atoms with Crippen molar-refractivity contribution in [3.8, 4) is 0 Å². The fourth-order valence-corrected chi connectivity index (χ4v) is 4.46. The molecular formula is C12H8Cl2Pt. The molecule has 0 saturated heterocycles. The van der Waals surface area contributed by atoms with E-state index >= 15 is 0 Å². The first-order valence-electron chi connectivity index (χ1n) is 4.34. The molecule has 2 rings (SSSR count). The van der Waals surface area contributed by atoms with E-state index in [2.05, 4.69) is 12.1 Å². The summed E-state index contributed by atoms with van der Waals surface area (Å²) in [6.07, 6.45) is 0. The van der Waals surface area contributed by atoms with Gasteiger partial charge in [-0.15, -0.1) is 0 Å². The summed E-state index contributed by atoms with van der Waals surface area (Å²) in [7, 11) is 0. The van der Waals surface area contributed by atoms with Crippen LogP contribution in [0, 0.1) is 0 Å². The molecule has 2 aromatic rings. The first kappa shape index (κ1) is 11.2. The molecule has 2 aromatic carbocycles. The summed E-state index contributed by atoms with van der Waals surface area (Å²) in [5, 5.41) is 1.60. The van der Waals surface area contributed by atoms with E-state index in [-0.39, 0.29) is 18.6 Å².